The molecule has 3 rings (SSSR count). The summed E-state index contributed by atoms with van der Waals surface area (Å²) in [5, 5.41) is 0. The number of hydrogen-bond acceptors (Lipinski definition) is 1. The first kappa shape index (κ1) is 15.6. The predicted octanol–water partition coefficient (Wildman–Crippen LogP) is 5.26. The molecule has 2 aliphatic carbocycles. The minimum atomic E-state index is 0.175. The van der Waals surface area contributed by atoms with E-state index >= 15 is 0 Å². The van der Waals surface area contributed by atoms with Crippen molar-refractivity contribution in [1.29, 1.82) is 0 Å². The SMILES string of the molecule is C=C(C1=C[C@H]2[C@@H](C)[C@@H](OC)C[C@H]2C1(C)C)c1ccc(C)cc1. The van der Waals surface area contributed by atoms with E-state index in [1.807, 2.05) is 7.11 Å². The summed E-state index contributed by atoms with van der Waals surface area (Å²) >= 11 is 0. The maximum absolute atomic E-state index is 5.69. The molecule has 1 saturated carbocycles. The van der Waals surface area contributed by atoms with Crippen LogP contribution in [-0.4, -0.2) is 13.2 Å². The molecule has 0 saturated heterocycles. The highest BCUT2D eigenvalue weighted by Gasteiger charge is 2.52. The minimum Gasteiger partial charge on any atom is -0.381 e. The van der Waals surface area contributed by atoms with Crippen LogP contribution in [0.15, 0.2) is 42.5 Å². The lowest BCUT2D eigenvalue weighted by atomic mass is 9.72. The quantitative estimate of drug-likeness (QED) is 0.739. The van der Waals surface area contributed by atoms with Gasteiger partial charge in [0.1, 0.15) is 0 Å². The summed E-state index contributed by atoms with van der Waals surface area (Å²) in [4.78, 5) is 0. The van der Waals surface area contributed by atoms with Crippen molar-refractivity contribution in [3.63, 3.8) is 0 Å². The summed E-state index contributed by atoms with van der Waals surface area (Å²) in [6, 6.07) is 8.75. The molecule has 1 aromatic carbocycles. The number of hydrogen-bond donors (Lipinski definition) is 0. The molecule has 0 unspecified atom stereocenters. The van der Waals surface area contributed by atoms with Crippen LogP contribution in [0.1, 0.15) is 38.3 Å². The zero-order valence-corrected chi connectivity index (χ0v) is 14.5. The maximum Gasteiger partial charge on any atom is 0.0605 e. The molecule has 0 bridgehead atoms. The largest absolute Gasteiger partial charge is 0.381 e. The number of benzene rings is 1. The molecule has 0 N–H and O–H groups in total. The van der Waals surface area contributed by atoms with Crippen molar-refractivity contribution in [2.24, 2.45) is 23.2 Å². The fourth-order valence-electron chi connectivity index (χ4n) is 4.60. The molecule has 0 aliphatic heterocycles. The van der Waals surface area contributed by atoms with Gasteiger partial charge in [0.05, 0.1) is 6.10 Å². The molecule has 0 radical (unpaired) electrons. The molecule has 1 heteroatoms. The molecule has 0 spiro atoms. The van der Waals surface area contributed by atoms with E-state index < -0.39 is 0 Å². The summed E-state index contributed by atoms with van der Waals surface area (Å²) in [6.45, 7) is 13.7. The van der Waals surface area contributed by atoms with Crippen molar-refractivity contribution >= 4 is 5.57 Å². The Bertz CT molecular complexity index is 605. The molecular weight excluding hydrogens is 268 g/mol. The van der Waals surface area contributed by atoms with Crippen LogP contribution in [0.4, 0.5) is 0 Å². The molecule has 1 nitrogen and oxygen atoms in total. The zero-order valence-electron chi connectivity index (χ0n) is 14.5. The van der Waals surface area contributed by atoms with E-state index in [0.29, 0.717) is 23.9 Å². The molecule has 4 atom stereocenters. The van der Waals surface area contributed by atoms with Gasteiger partial charge in [-0.2, -0.15) is 0 Å². The second-order valence-corrected chi connectivity index (χ2v) is 7.70. The number of allylic oxidation sites excluding steroid dienone is 3. The van der Waals surface area contributed by atoms with Gasteiger partial charge in [0.2, 0.25) is 0 Å². The lowest BCUT2D eigenvalue weighted by Gasteiger charge is -2.32. The lowest BCUT2D eigenvalue weighted by molar-refractivity contribution is 0.0693. The first-order valence-electron chi connectivity index (χ1n) is 8.37. The number of methoxy groups -OCH3 is 1. The number of ether oxygens (including phenoxy) is 1. The van der Waals surface area contributed by atoms with Crippen LogP contribution in [0.5, 0.6) is 0 Å². The van der Waals surface area contributed by atoms with Gasteiger partial charge in [-0.25, -0.2) is 0 Å². The van der Waals surface area contributed by atoms with Crippen molar-refractivity contribution < 1.29 is 4.74 Å². The summed E-state index contributed by atoms with van der Waals surface area (Å²) < 4.78 is 5.69. The smallest absolute Gasteiger partial charge is 0.0605 e. The van der Waals surface area contributed by atoms with Gasteiger partial charge < -0.3 is 4.74 Å². The third-order valence-corrected chi connectivity index (χ3v) is 6.15. The molecule has 118 valence electrons. The first-order valence-corrected chi connectivity index (χ1v) is 8.37. The Hall–Kier alpha value is -1.34. The van der Waals surface area contributed by atoms with Gasteiger partial charge in [0, 0.05) is 7.11 Å². The third-order valence-electron chi connectivity index (χ3n) is 6.15. The van der Waals surface area contributed by atoms with Crippen LogP contribution < -0.4 is 0 Å². The monoisotopic (exact) mass is 296 g/mol. The van der Waals surface area contributed by atoms with Crippen LogP contribution >= 0.6 is 0 Å². The van der Waals surface area contributed by atoms with E-state index in [4.69, 9.17) is 4.74 Å². The Morgan fingerprint density at radius 2 is 1.86 bits per heavy atom. The molecule has 1 fully saturated rings. The topological polar surface area (TPSA) is 9.23 Å². The van der Waals surface area contributed by atoms with E-state index in [2.05, 4.69) is 64.6 Å². The van der Waals surface area contributed by atoms with E-state index in [0.717, 1.165) is 6.42 Å². The van der Waals surface area contributed by atoms with Crippen molar-refractivity contribution in [1.82, 2.24) is 0 Å². The highest BCUT2D eigenvalue weighted by Crippen LogP contribution is 2.58. The second kappa shape index (κ2) is 5.38. The Labute approximate surface area is 135 Å². The van der Waals surface area contributed by atoms with Crippen molar-refractivity contribution in [3.05, 3.63) is 53.6 Å². The normalized spacial score (nSPS) is 32.7. The van der Waals surface area contributed by atoms with Gasteiger partial charge in [0.15, 0.2) is 0 Å². The summed E-state index contributed by atoms with van der Waals surface area (Å²) in [5.41, 5.74) is 5.35. The zero-order chi connectivity index (χ0) is 16.1. The highest BCUT2D eigenvalue weighted by molar-refractivity contribution is 5.79. The molecule has 22 heavy (non-hydrogen) atoms. The van der Waals surface area contributed by atoms with Gasteiger partial charge >= 0.3 is 0 Å². The highest BCUT2D eigenvalue weighted by atomic mass is 16.5. The average Bonchev–Trinajstić information content (AvgIpc) is 2.94. The third kappa shape index (κ3) is 2.27. The van der Waals surface area contributed by atoms with E-state index in [1.54, 1.807) is 0 Å². The molecule has 0 aromatic heterocycles. The van der Waals surface area contributed by atoms with Crippen LogP contribution in [0.2, 0.25) is 0 Å². The predicted molar refractivity (Wildman–Crippen MR) is 93.6 cm³/mol. The summed E-state index contributed by atoms with van der Waals surface area (Å²) in [6.07, 6.45) is 4.06. The van der Waals surface area contributed by atoms with Crippen LogP contribution in [0.3, 0.4) is 0 Å². The van der Waals surface area contributed by atoms with Gasteiger partial charge in [-0.1, -0.05) is 63.3 Å². The van der Waals surface area contributed by atoms with Gasteiger partial charge in [-0.3, -0.25) is 0 Å². The molecule has 1 aromatic rings. The number of rotatable bonds is 3. The van der Waals surface area contributed by atoms with E-state index in [1.165, 1.54) is 22.3 Å². The molecule has 0 amide bonds. The van der Waals surface area contributed by atoms with Crippen LogP contribution in [0.25, 0.3) is 5.57 Å². The Morgan fingerprint density at radius 3 is 2.41 bits per heavy atom. The summed E-state index contributed by atoms with van der Waals surface area (Å²) in [5.74, 6) is 1.89. The lowest BCUT2D eigenvalue weighted by Crippen LogP contribution is -2.23. The average molecular weight is 296 g/mol. The number of aryl methyl sites for hydroxylation is 1. The number of fused-ring (bicyclic) bond motifs is 1. The standard InChI is InChI=1S/C21H28O/c1-13-7-9-16(10-8-13)14(2)18-11-17-15(3)20(22-6)12-19(17)21(18,4)5/h7-11,15,17,19-20H,2,12H2,1,3-6H3/t15-,17+,19-,20+/m1/s1. The van der Waals surface area contributed by atoms with E-state index in [9.17, 15) is 0 Å². The Balaban J connectivity index is 1.93. The van der Waals surface area contributed by atoms with Crippen molar-refractivity contribution in [3.8, 4) is 0 Å². The van der Waals surface area contributed by atoms with Crippen LogP contribution in [0, 0.1) is 30.1 Å². The van der Waals surface area contributed by atoms with Crippen LogP contribution in [-0.2, 0) is 4.74 Å². The van der Waals surface area contributed by atoms with Gasteiger partial charge in [0.25, 0.3) is 0 Å². The first-order chi connectivity index (χ1) is 10.4. The van der Waals surface area contributed by atoms with Crippen molar-refractivity contribution in [2.45, 2.75) is 40.2 Å². The molecule has 2 aliphatic rings. The fraction of sp³-hybridized carbons (Fsp3) is 0.524. The van der Waals surface area contributed by atoms with Gasteiger partial charge in [-0.05, 0) is 53.2 Å². The Kier molecular flexibility index (Phi) is 3.81. The minimum absolute atomic E-state index is 0.175. The van der Waals surface area contributed by atoms with Crippen molar-refractivity contribution in [2.75, 3.05) is 7.11 Å². The maximum atomic E-state index is 5.69. The van der Waals surface area contributed by atoms with Gasteiger partial charge in [-0.15, -0.1) is 0 Å². The summed E-state index contributed by atoms with van der Waals surface area (Å²) in [7, 11) is 1.85. The fourth-order valence-corrected chi connectivity index (χ4v) is 4.60. The molecular formula is C21H28O. The molecule has 0 heterocycles. The Morgan fingerprint density at radius 1 is 1.23 bits per heavy atom. The van der Waals surface area contributed by atoms with E-state index in [-0.39, 0.29) is 5.41 Å². The second-order valence-electron chi connectivity index (χ2n) is 7.70.